The highest BCUT2D eigenvalue weighted by molar-refractivity contribution is 9.10. The van der Waals surface area contributed by atoms with Gasteiger partial charge in [-0.2, -0.15) is 4.31 Å². The van der Waals surface area contributed by atoms with Gasteiger partial charge in [0, 0.05) is 47.5 Å². The molecule has 0 saturated carbocycles. The topological polar surface area (TPSA) is 53.5 Å². The van der Waals surface area contributed by atoms with Crippen LogP contribution in [0.15, 0.2) is 51.1 Å². The molecule has 1 aliphatic rings. The van der Waals surface area contributed by atoms with E-state index in [1.165, 1.54) is 33.8 Å². The van der Waals surface area contributed by atoms with E-state index in [1.807, 2.05) is 5.38 Å². The van der Waals surface area contributed by atoms with Crippen molar-refractivity contribution in [3.8, 4) is 0 Å². The molecular weight excluding hydrogens is 548 g/mol. The van der Waals surface area contributed by atoms with E-state index in [0.29, 0.717) is 37.6 Å². The van der Waals surface area contributed by atoms with Crippen LogP contribution in [0.3, 0.4) is 0 Å². The maximum absolute atomic E-state index is 13.6. The summed E-state index contributed by atoms with van der Waals surface area (Å²) in [5.74, 6) is -0.374. The summed E-state index contributed by atoms with van der Waals surface area (Å²) in [6, 6.07) is 9.19. The molecule has 0 atom stereocenters. The predicted molar refractivity (Wildman–Crippen MR) is 126 cm³/mol. The van der Waals surface area contributed by atoms with Crippen LogP contribution in [0.2, 0.25) is 10.0 Å². The molecule has 0 aliphatic carbocycles. The van der Waals surface area contributed by atoms with Crippen LogP contribution in [0.25, 0.3) is 0 Å². The first-order chi connectivity index (χ1) is 14.7. The molecule has 1 aromatic heterocycles. The lowest BCUT2D eigenvalue weighted by Gasteiger charge is -2.34. The predicted octanol–water partition coefficient (Wildman–Crippen LogP) is 5.45. The molecule has 0 amide bonds. The van der Waals surface area contributed by atoms with Gasteiger partial charge in [0.2, 0.25) is 10.0 Å². The van der Waals surface area contributed by atoms with Crippen molar-refractivity contribution in [2.75, 3.05) is 31.1 Å². The third-order valence-electron chi connectivity index (χ3n) is 4.87. The third kappa shape index (κ3) is 5.23. The smallest absolute Gasteiger partial charge is 0.244 e. The average Bonchev–Trinajstić information content (AvgIpc) is 3.15. The Morgan fingerprint density at radius 1 is 1.10 bits per heavy atom. The number of piperazine rings is 1. The number of hydrogen-bond donors (Lipinski definition) is 0. The number of rotatable bonds is 5. The minimum Gasteiger partial charge on any atom is -0.345 e. The number of anilines is 1. The van der Waals surface area contributed by atoms with Crippen LogP contribution in [-0.2, 0) is 16.4 Å². The van der Waals surface area contributed by atoms with Gasteiger partial charge < -0.3 is 4.90 Å². The van der Waals surface area contributed by atoms with E-state index >= 15 is 0 Å². The number of benzene rings is 2. The molecule has 1 aliphatic heterocycles. The van der Waals surface area contributed by atoms with Crippen LogP contribution in [0.1, 0.15) is 11.3 Å². The zero-order valence-electron chi connectivity index (χ0n) is 16.1. The summed E-state index contributed by atoms with van der Waals surface area (Å²) >= 11 is 16.9. The molecule has 11 heteroatoms. The minimum absolute atomic E-state index is 0.108. The van der Waals surface area contributed by atoms with E-state index in [-0.39, 0.29) is 15.7 Å². The van der Waals surface area contributed by atoms with Crippen LogP contribution in [0.5, 0.6) is 0 Å². The van der Waals surface area contributed by atoms with Crippen LogP contribution in [0.4, 0.5) is 9.52 Å². The number of sulfonamides is 1. The Kier molecular flexibility index (Phi) is 6.90. The Morgan fingerprint density at radius 2 is 1.84 bits per heavy atom. The standard InChI is InChI=1S/C20H17BrCl2FN3O2S2/c21-14-1-2-19(18(23)10-14)31(28,29)27-5-3-26(4-6-27)20-25-17(12-30-20)9-13-7-15(22)11-16(24)8-13/h1-2,7-8,10-12H,3-6,9H2. The van der Waals surface area contributed by atoms with E-state index in [2.05, 4.69) is 25.8 Å². The molecule has 4 rings (SSSR count). The second-order valence-electron chi connectivity index (χ2n) is 7.04. The van der Waals surface area contributed by atoms with Crippen LogP contribution in [-0.4, -0.2) is 43.9 Å². The van der Waals surface area contributed by atoms with Gasteiger partial charge in [0.25, 0.3) is 0 Å². The summed E-state index contributed by atoms with van der Waals surface area (Å²) in [7, 11) is -3.67. The van der Waals surface area contributed by atoms with Gasteiger partial charge in [-0.1, -0.05) is 39.1 Å². The average molecular weight is 565 g/mol. The van der Waals surface area contributed by atoms with E-state index in [0.717, 1.165) is 20.9 Å². The van der Waals surface area contributed by atoms with Crippen molar-refractivity contribution < 1.29 is 12.8 Å². The second-order valence-corrected chi connectivity index (χ2v) is 11.5. The molecule has 164 valence electrons. The normalized spacial score (nSPS) is 15.4. The molecule has 0 unspecified atom stereocenters. The minimum atomic E-state index is -3.67. The number of hydrogen-bond acceptors (Lipinski definition) is 5. The lowest BCUT2D eigenvalue weighted by Crippen LogP contribution is -2.48. The summed E-state index contributed by atoms with van der Waals surface area (Å²) < 4.78 is 41.7. The molecule has 1 saturated heterocycles. The quantitative estimate of drug-likeness (QED) is 0.413. The summed E-state index contributed by atoms with van der Waals surface area (Å²) in [6.07, 6.45) is 0.477. The number of halogens is 4. The summed E-state index contributed by atoms with van der Waals surface area (Å²) in [4.78, 5) is 6.81. The van der Waals surface area contributed by atoms with Crippen LogP contribution in [0, 0.1) is 5.82 Å². The molecule has 31 heavy (non-hydrogen) atoms. The van der Waals surface area contributed by atoms with Gasteiger partial charge >= 0.3 is 0 Å². The molecule has 0 spiro atoms. The highest BCUT2D eigenvalue weighted by Crippen LogP contribution is 2.30. The molecule has 0 bridgehead atoms. The van der Waals surface area contributed by atoms with E-state index < -0.39 is 10.0 Å². The van der Waals surface area contributed by atoms with Gasteiger partial charge in [0.1, 0.15) is 10.7 Å². The van der Waals surface area contributed by atoms with Crippen molar-refractivity contribution in [2.24, 2.45) is 0 Å². The fraction of sp³-hybridized carbons (Fsp3) is 0.250. The van der Waals surface area contributed by atoms with Gasteiger partial charge in [-0.25, -0.2) is 17.8 Å². The van der Waals surface area contributed by atoms with Crippen molar-refractivity contribution >= 4 is 65.6 Å². The summed E-state index contributed by atoms with van der Waals surface area (Å²) in [5.41, 5.74) is 1.57. The van der Waals surface area contributed by atoms with Crippen molar-refractivity contribution in [1.82, 2.24) is 9.29 Å². The van der Waals surface area contributed by atoms with Crippen LogP contribution >= 0.6 is 50.5 Å². The van der Waals surface area contributed by atoms with Gasteiger partial charge in [0.05, 0.1) is 10.7 Å². The van der Waals surface area contributed by atoms with E-state index in [1.54, 1.807) is 18.2 Å². The largest absolute Gasteiger partial charge is 0.345 e. The maximum Gasteiger partial charge on any atom is 0.244 e. The SMILES string of the molecule is O=S(=O)(c1ccc(Br)cc1Cl)N1CCN(c2nc(Cc3cc(F)cc(Cl)c3)cs2)CC1. The van der Waals surface area contributed by atoms with E-state index in [4.69, 9.17) is 23.2 Å². The summed E-state index contributed by atoms with van der Waals surface area (Å²) in [5, 5.41) is 3.29. The first-order valence-corrected chi connectivity index (χ1v) is 13.2. The first-order valence-electron chi connectivity index (χ1n) is 9.32. The van der Waals surface area contributed by atoms with Crippen molar-refractivity contribution in [3.63, 3.8) is 0 Å². The molecule has 5 nitrogen and oxygen atoms in total. The monoisotopic (exact) mass is 563 g/mol. The number of nitrogens with zero attached hydrogens (tertiary/aromatic N) is 3. The molecule has 0 radical (unpaired) electrons. The third-order valence-corrected chi connectivity index (χ3v) is 8.91. The Bertz CT molecular complexity index is 1190. The Hall–Kier alpha value is -1.23. The molecular formula is C20H17BrCl2FN3O2S2. The zero-order chi connectivity index (χ0) is 22.2. The van der Waals surface area contributed by atoms with Gasteiger partial charge in [-0.15, -0.1) is 11.3 Å². The fourth-order valence-corrected chi connectivity index (χ4v) is 6.95. The zero-order valence-corrected chi connectivity index (χ0v) is 20.8. The molecule has 2 heterocycles. The number of aromatic nitrogens is 1. The van der Waals surface area contributed by atoms with Gasteiger partial charge in [-0.05, 0) is 42.0 Å². The Labute approximate surface area is 202 Å². The molecule has 1 fully saturated rings. The first kappa shape index (κ1) is 22.9. The molecule has 2 aromatic carbocycles. The van der Waals surface area contributed by atoms with Crippen molar-refractivity contribution in [2.45, 2.75) is 11.3 Å². The maximum atomic E-state index is 13.6. The van der Waals surface area contributed by atoms with Crippen molar-refractivity contribution in [1.29, 1.82) is 0 Å². The Morgan fingerprint density at radius 3 is 2.52 bits per heavy atom. The lowest BCUT2D eigenvalue weighted by molar-refractivity contribution is 0.384. The number of thiazole rings is 1. The van der Waals surface area contributed by atoms with E-state index in [9.17, 15) is 12.8 Å². The highest BCUT2D eigenvalue weighted by atomic mass is 79.9. The van der Waals surface area contributed by atoms with Gasteiger partial charge in [-0.3, -0.25) is 0 Å². The Balaban J connectivity index is 1.42. The van der Waals surface area contributed by atoms with Crippen LogP contribution < -0.4 is 4.90 Å². The van der Waals surface area contributed by atoms with Crippen molar-refractivity contribution in [3.05, 3.63) is 73.4 Å². The van der Waals surface area contributed by atoms with Gasteiger partial charge in [0.15, 0.2) is 5.13 Å². The fourth-order valence-electron chi connectivity index (χ4n) is 3.39. The lowest BCUT2D eigenvalue weighted by atomic mass is 10.1. The summed E-state index contributed by atoms with van der Waals surface area (Å²) in [6.45, 7) is 1.71. The second kappa shape index (κ2) is 9.33. The molecule has 0 N–H and O–H groups in total. The highest BCUT2D eigenvalue weighted by Gasteiger charge is 2.30. The molecule has 3 aromatic rings.